The van der Waals surface area contributed by atoms with E-state index in [0.717, 1.165) is 12.1 Å². The summed E-state index contributed by atoms with van der Waals surface area (Å²) in [6.07, 6.45) is -0.142. The van der Waals surface area contributed by atoms with Crippen LogP contribution < -0.4 is 4.74 Å². The van der Waals surface area contributed by atoms with E-state index in [4.69, 9.17) is 16.3 Å². The average molecular weight is 286 g/mol. The summed E-state index contributed by atoms with van der Waals surface area (Å²) in [4.78, 5) is 11.6. The van der Waals surface area contributed by atoms with Crippen LogP contribution in [-0.4, -0.2) is 21.1 Å². The highest BCUT2D eigenvalue weighted by atomic mass is 35.5. The molecule has 1 aromatic heterocycles. The Morgan fingerprint density at radius 2 is 1.84 bits per heavy atom. The lowest BCUT2D eigenvalue weighted by Crippen LogP contribution is -2.09. The summed E-state index contributed by atoms with van der Waals surface area (Å²) < 4.78 is 31.3. The van der Waals surface area contributed by atoms with Gasteiger partial charge in [0.2, 0.25) is 5.28 Å². The molecule has 1 heterocycles. The summed E-state index contributed by atoms with van der Waals surface area (Å²) in [5, 5.41) is -0.0783. The van der Waals surface area contributed by atoms with Crippen LogP contribution in [0.1, 0.15) is 13.8 Å². The molecule has 0 bridgehead atoms. The van der Waals surface area contributed by atoms with Gasteiger partial charge in [-0.1, -0.05) is 0 Å². The predicted molar refractivity (Wildman–Crippen MR) is 66.0 cm³/mol. The smallest absolute Gasteiger partial charge is 0.321 e. The summed E-state index contributed by atoms with van der Waals surface area (Å²) in [6, 6.07) is 3.36. The van der Waals surface area contributed by atoms with Crippen LogP contribution in [0.25, 0.3) is 11.4 Å². The van der Waals surface area contributed by atoms with E-state index in [-0.39, 0.29) is 28.8 Å². The first-order chi connectivity index (χ1) is 8.95. The number of ether oxygens (including phenoxy) is 1. The summed E-state index contributed by atoms with van der Waals surface area (Å²) in [7, 11) is 0. The van der Waals surface area contributed by atoms with E-state index in [2.05, 4.69) is 15.0 Å². The number of hydrogen-bond acceptors (Lipinski definition) is 4. The van der Waals surface area contributed by atoms with Gasteiger partial charge in [0.15, 0.2) is 17.5 Å². The van der Waals surface area contributed by atoms with Gasteiger partial charge in [0.25, 0.3) is 0 Å². The largest absolute Gasteiger partial charge is 0.461 e. The summed E-state index contributed by atoms with van der Waals surface area (Å²) >= 11 is 5.74. The van der Waals surface area contributed by atoms with Crippen molar-refractivity contribution in [2.45, 2.75) is 20.0 Å². The van der Waals surface area contributed by atoms with E-state index in [1.165, 1.54) is 6.07 Å². The van der Waals surface area contributed by atoms with E-state index >= 15 is 0 Å². The van der Waals surface area contributed by atoms with Crippen molar-refractivity contribution >= 4 is 11.6 Å². The van der Waals surface area contributed by atoms with Crippen LogP contribution in [0.4, 0.5) is 8.78 Å². The zero-order valence-electron chi connectivity index (χ0n) is 10.2. The van der Waals surface area contributed by atoms with Crippen LogP contribution in [0.15, 0.2) is 18.2 Å². The second-order valence-corrected chi connectivity index (χ2v) is 4.34. The Bertz CT molecular complexity index is 608. The Balaban J connectivity index is 2.43. The molecule has 0 radical (unpaired) electrons. The molecule has 0 saturated carbocycles. The first-order valence-electron chi connectivity index (χ1n) is 5.49. The van der Waals surface area contributed by atoms with Gasteiger partial charge in [-0.15, -0.1) is 0 Å². The fourth-order valence-corrected chi connectivity index (χ4v) is 1.51. The van der Waals surface area contributed by atoms with E-state index in [0.29, 0.717) is 0 Å². The van der Waals surface area contributed by atoms with Gasteiger partial charge < -0.3 is 4.74 Å². The van der Waals surface area contributed by atoms with Crippen molar-refractivity contribution in [2.24, 2.45) is 0 Å². The van der Waals surface area contributed by atoms with Crippen molar-refractivity contribution in [3.8, 4) is 17.4 Å². The number of halogens is 3. The summed E-state index contributed by atoms with van der Waals surface area (Å²) in [5.41, 5.74) is 0.289. The summed E-state index contributed by atoms with van der Waals surface area (Å²) in [6.45, 7) is 3.60. The van der Waals surface area contributed by atoms with Crippen molar-refractivity contribution in [3.63, 3.8) is 0 Å². The van der Waals surface area contributed by atoms with Gasteiger partial charge in [0.1, 0.15) is 0 Å². The first kappa shape index (κ1) is 13.6. The van der Waals surface area contributed by atoms with Crippen LogP contribution in [0.5, 0.6) is 6.01 Å². The zero-order valence-corrected chi connectivity index (χ0v) is 10.9. The topological polar surface area (TPSA) is 47.9 Å². The Morgan fingerprint density at radius 1 is 1.11 bits per heavy atom. The molecule has 2 aromatic rings. The number of rotatable bonds is 3. The fourth-order valence-electron chi connectivity index (χ4n) is 1.36. The minimum atomic E-state index is -0.986. The van der Waals surface area contributed by atoms with Crippen LogP contribution >= 0.6 is 11.6 Å². The second-order valence-electron chi connectivity index (χ2n) is 4.01. The van der Waals surface area contributed by atoms with Gasteiger partial charge in [-0.25, -0.2) is 8.78 Å². The van der Waals surface area contributed by atoms with Crippen LogP contribution in [0, 0.1) is 11.6 Å². The number of benzene rings is 1. The molecule has 100 valence electrons. The third-order valence-electron chi connectivity index (χ3n) is 2.11. The molecule has 0 aliphatic rings. The minimum Gasteiger partial charge on any atom is -0.461 e. The van der Waals surface area contributed by atoms with Crippen molar-refractivity contribution in [2.75, 3.05) is 0 Å². The standard InChI is InChI=1S/C12H10ClF2N3O/c1-6(2)19-12-17-10(16-11(13)18-12)7-3-4-8(14)9(15)5-7/h3-6H,1-2H3. The van der Waals surface area contributed by atoms with Crippen molar-refractivity contribution in [3.05, 3.63) is 35.1 Å². The van der Waals surface area contributed by atoms with E-state index < -0.39 is 11.6 Å². The maximum atomic E-state index is 13.2. The first-order valence-corrected chi connectivity index (χ1v) is 5.87. The molecule has 4 nitrogen and oxygen atoms in total. The maximum absolute atomic E-state index is 13.2. The molecular formula is C12H10ClF2N3O. The van der Waals surface area contributed by atoms with E-state index in [1.54, 1.807) is 13.8 Å². The lowest BCUT2D eigenvalue weighted by molar-refractivity contribution is 0.222. The number of nitrogens with zero attached hydrogens (tertiary/aromatic N) is 3. The van der Waals surface area contributed by atoms with Gasteiger partial charge >= 0.3 is 6.01 Å². The molecule has 0 fully saturated rings. The lowest BCUT2D eigenvalue weighted by Gasteiger charge is -2.08. The Labute approximate surface area is 113 Å². The zero-order chi connectivity index (χ0) is 14.0. The van der Waals surface area contributed by atoms with Crippen molar-refractivity contribution < 1.29 is 13.5 Å². The molecule has 0 N–H and O–H groups in total. The number of hydrogen-bond donors (Lipinski definition) is 0. The minimum absolute atomic E-state index is 0.0368. The Kier molecular flexibility index (Phi) is 3.90. The molecule has 0 atom stereocenters. The fraction of sp³-hybridized carbons (Fsp3) is 0.250. The van der Waals surface area contributed by atoms with E-state index in [1.807, 2.05) is 0 Å². The monoisotopic (exact) mass is 285 g/mol. The molecule has 7 heteroatoms. The highest BCUT2D eigenvalue weighted by Gasteiger charge is 2.11. The number of aromatic nitrogens is 3. The van der Waals surface area contributed by atoms with Gasteiger partial charge in [0.05, 0.1) is 6.10 Å². The average Bonchev–Trinajstić information content (AvgIpc) is 2.31. The van der Waals surface area contributed by atoms with Gasteiger partial charge in [-0.05, 0) is 43.6 Å². The second kappa shape index (κ2) is 5.44. The highest BCUT2D eigenvalue weighted by Crippen LogP contribution is 2.21. The van der Waals surface area contributed by atoms with Gasteiger partial charge in [0, 0.05) is 5.56 Å². The Hall–Kier alpha value is -1.82. The Morgan fingerprint density at radius 3 is 2.47 bits per heavy atom. The molecule has 19 heavy (non-hydrogen) atoms. The van der Waals surface area contributed by atoms with Crippen LogP contribution in [0.2, 0.25) is 5.28 Å². The van der Waals surface area contributed by atoms with Crippen LogP contribution in [-0.2, 0) is 0 Å². The molecule has 2 rings (SSSR count). The normalized spacial score (nSPS) is 10.8. The maximum Gasteiger partial charge on any atom is 0.321 e. The van der Waals surface area contributed by atoms with Crippen molar-refractivity contribution in [1.82, 2.24) is 15.0 Å². The third-order valence-corrected chi connectivity index (χ3v) is 2.28. The highest BCUT2D eigenvalue weighted by molar-refractivity contribution is 6.28. The molecule has 1 aromatic carbocycles. The van der Waals surface area contributed by atoms with Gasteiger partial charge in [-0.3, -0.25) is 0 Å². The van der Waals surface area contributed by atoms with Crippen molar-refractivity contribution in [1.29, 1.82) is 0 Å². The molecule has 0 amide bonds. The summed E-state index contributed by atoms with van der Waals surface area (Å²) in [5.74, 6) is -1.81. The molecule has 0 aliphatic carbocycles. The predicted octanol–water partition coefficient (Wildman–Crippen LogP) is 3.26. The van der Waals surface area contributed by atoms with Gasteiger partial charge in [-0.2, -0.15) is 15.0 Å². The lowest BCUT2D eigenvalue weighted by atomic mass is 10.2. The quantitative estimate of drug-likeness (QED) is 0.868. The van der Waals surface area contributed by atoms with E-state index in [9.17, 15) is 8.78 Å². The van der Waals surface area contributed by atoms with Crippen LogP contribution in [0.3, 0.4) is 0 Å². The molecular weight excluding hydrogens is 276 g/mol. The molecule has 0 aliphatic heterocycles. The molecule has 0 saturated heterocycles. The molecule has 0 unspecified atom stereocenters. The molecule has 0 spiro atoms. The SMILES string of the molecule is CC(C)Oc1nc(Cl)nc(-c2ccc(F)c(F)c2)n1. The third kappa shape index (κ3) is 3.35.